The Balaban J connectivity index is 3.46. The number of rotatable bonds is 4. The van der Waals surface area contributed by atoms with E-state index in [2.05, 4.69) is 0 Å². The summed E-state index contributed by atoms with van der Waals surface area (Å²) in [5.74, 6) is 0. The average molecular weight is 114 g/mol. The Morgan fingerprint density at radius 1 is 1.62 bits per heavy atom. The van der Waals surface area contributed by atoms with Crippen molar-refractivity contribution in [3.05, 3.63) is 12.2 Å². The van der Waals surface area contributed by atoms with Crippen molar-refractivity contribution in [2.45, 2.75) is 39.5 Å². The van der Waals surface area contributed by atoms with Crippen molar-refractivity contribution in [3.63, 3.8) is 0 Å². The summed E-state index contributed by atoms with van der Waals surface area (Å²) in [6.07, 6.45) is 5.00. The van der Waals surface area contributed by atoms with Crippen LogP contribution in [0.15, 0.2) is 12.2 Å². The lowest BCUT2D eigenvalue weighted by molar-refractivity contribution is 0.729. The molecule has 0 fully saturated rings. The first-order valence-electron chi connectivity index (χ1n) is 4.33. The smallest absolute Gasteiger partial charge is 0.0310 e. The molecule has 48 valence electrons. The summed E-state index contributed by atoms with van der Waals surface area (Å²) in [6.45, 7) is 3.90. The number of allylic oxidation sites excluding steroid dienone is 2. The second kappa shape index (κ2) is 6.74. The molecule has 0 saturated carbocycles. The van der Waals surface area contributed by atoms with E-state index in [0.29, 0.717) is 6.42 Å². The van der Waals surface area contributed by atoms with Crippen molar-refractivity contribution >= 4 is 0 Å². The molecular weight excluding hydrogens is 96.1 g/mol. The largest absolute Gasteiger partial charge is 0.0917 e. The molecule has 8 heavy (non-hydrogen) atoms. The van der Waals surface area contributed by atoms with Crippen molar-refractivity contribution in [1.82, 2.24) is 0 Å². The van der Waals surface area contributed by atoms with Crippen molar-refractivity contribution in [2.24, 2.45) is 0 Å². The molecule has 0 heteroatoms. The molecule has 0 saturated heterocycles. The fourth-order valence-electron chi connectivity index (χ4n) is 0.478. The van der Waals surface area contributed by atoms with Crippen molar-refractivity contribution in [2.75, 3.05) is 0 Å². The van der Waals surface area contributed by atoms with E-state index in [4.69, 9.17) is 2.74 Å². The molecule has 0 aromatic rings. The fraction of sp³-hybridized carbons (Fsp3) is 0.750. The van der Waals surface area contributed by atoms with Crippen LogP contribution in [0.25, 0.3) is 0 Å². The molecular formula is C8H16. The van der Waals surface area contributed by atoms with Gasteiger partial charge in [-0.25, -0.2) is 0 Å². The van der Waals surface area contributed by atoms with Crippen LogP contribution in [0.3, 0.4) is 0 Å². The van der Waals surface area contributed by atoms with Crippen LogP contribution in [0.5, 0.6) is 0 Å². The topological polar surface area (TPSA) is 0 Å². The van der Waals surface area contributed by atoms with Gasteiger partial charge in [-0.05, 0) is 19.7 Å². The van der Waals surface area contributed by atoms with Crippen LogP contribution in [0, 0.1) is 0 Å². The van der Waals surface area contributed by atoms with Gasteiger partial charge in [0.25, 0.3) is 0 Å². The van der Waals surface area contributed by atoms with E-state index in [1.807, 2.05) is 26.0 Å². The summed E-state index contributed by atoms with van der Waals surface area (Å²) in [4.78, 5) is 0. The summed E-state index contributed by atoms with van der Waals surface area (Å²) >= 11 is 0. The molecule has 0 aromatic carbocycles. The lowest BCUT2D eigenvalue weighted by Crippen LogP contribution is -1.68. The standard InChI is InChI=1S/C8H16/c1-3-5-7-8-6-4-2/h3,5H,4,6-8H2,1-2H3/i6D,7D. The quantitative estimate of drug-likeness (QED) is 0.492. The number of hydrogen-bond acceptors (Lipinski definition) is 0. The molecule has 0 aliphatic rings. The summed E-state index contributed by atoms with van der Waals surface area (Å²) in [6, 6.07) is 0. The highest BCUT2D eigenvalue weighted by molar-refractivity contribution is 4.75. The van der Waals surface area contributed by atoms with Crippen LogP contribution in [-0.2, 0) is 0 Å². The van der Waals surface area contributed by atoms with Gasteiger partial charge in [-0.2, -0.15) is 0 Å². The Bertz CT molecular complexity index is 99.4. The average Bonchev–Trinajstić information content (AvgIpc) is 1.88. The monoisotopic (exact) mass is 114 g/mol. The molecule has 0 nitrogen and oxygen atoms in total. The van der Waals surface area contributed by atoms with Crippen LogP contribution in [0.1, 0.15) is 42.2 Å². The predicted molar refractivity (Wildman–Crippen MR) is 39.0 cm³/mol. The van der Waals surface area contributed by atoms with Gasteiger partial charge >= 0.3 is 0 Å². The second-order valence-electron chi connectivity index (χ2n) is 1.69. The van der Waals surface area contributed by atoms with Gasteiger partial charge < -0.3 is 0 Å². The zero-order valence-electron chi connectivity index (χ0n) is 7.72. The van der Waals surface area contributed by atoms with Crippen molar-refractivity contribution in [1.29, 1.82) is 0 Å². The lowest BCUT2D eigenvalue weighted by Gasteiger charge is -1.88. The Kier molecular flexibility index (Phi) is 3.88. The van der Waals surface area contributed by atoms with E-state index >= 15 is 0 Å². The van der Waals surface area contributed by atoms with Crippen LogP contribution < -0.4 is 0 Å². The van der Waals surface area contributed by atoms with Crippen LogP contribution >= 0.6 is 0 Å². The highest BCUT2D eigenvalue weighted by atomic mass is 13.8. The van der Waals surface area contributed by atoms with E-state index in [1.54, 1.807) is 0 Å². The molecule has 0 aromatic heterocycles. The summed E-state index contributed by atoms with van der Waals surface area (Å²) < 4.78 is 14.8. The number of hydrogen-bond donors (Lipinski definition) is 0. The van der Waals surface area contributed by atoms with Gasteiger partial charge in [0.05, 0.1) is 0 Å². The fourth-order valence-corrected chi connectivity index (χ4v) is 0.478. The zero-order chi connectivity index (χ0) is 7.98. The van der Waals surface area contributed by atoms with E-state index in [0.717, 1.165) is 6.42 Å². The Morgan fingerprint density at radius 3 is 2.88 bits per heavy atom. The highest BCUT2D eigenvalue weighted by Gasteiger charge is 1.78. The minimum absolute atomic E-state index is 0.0568. The second-order valence-corrected chi connectivity index (χ2v) is 1.69. The molecule has 0 amide bonds. The maximum Gasteiger partial charge on any atom is 0.0310 e. The molecule has 0 bridgehead atoms. The van der Waals surface area contributed by atoms with E-state index in [9.17, 15) is 0 Å². The minimum atomic E-state index is -0.174. The zero-order valence-corrected chi connectivity index (χ0v) is 5.72. The summed E-state index contributed by atoms with van der Waals surface area (Å²) in [5, 5.41) is 0. The van der Waals surface area contributed by atoms with E-state index < -0.39 is 0 Å². The minimum Gasteiger partial charge on any atom is -0.0917 e. The molecule has 0 N–H and O–H groups in total. The maximum absolute atomic E-state index is 7.40. The van der Waals surface area contributed by atoms with Gasteiger partial charge in [0.15, 0.2) is 0 Å². The van der Waals surface area contributed by atoms with Crippen molar-refractivity contribution in [3.8, 4) is 0 Å². The molecule has 2 unspecified atom stereocenters. The first-order chi connectivity index (χ1) is 4.70. The van der Waals surface area contributed by atoms with Gasteiger partial charge in [0.1, 0.15) is 0 Å². The highest BCUT2D eigenvalue weighted by Crippen LogP contribution is 1.98. The van der Waals surface area contributed by atoms with E-state index in [1.165, 1.54) is 0 Å². The third-order valence-corrected chi connectivity index (χ3v) is 0.920. The van der Waals surface area contributed by atoms with Crippen LogP contribution in [-0.4, -0.2) is 0 Å². The van der Waals surface area contributed by atoms with Gasteiger partial charge in [0.2, 0.25) is 0 Å². The van der Waals surface area contributed by atoms with Gasteiger partial charge in [-0.1, -0.05) is 31.9 Å². The molecule has 0 rings (SSSR count). The third-order valence-electron chi connectivity index (χ3n) is 0.920. The molecule has 2 atom stereocenters. The SMILES string of the molecule is [2H]C(C=CC)CC([2H])CC. The summed E-state index contributed by atoms with van der Waals surface area (Å²) in [5.41, 5.74) is 0. The van der Waals surface area contributed by atoms with Crippen molar-refractivity contribution < 1.29 is 2.74 Å². The van der Waals surface area contributed by atoms with Gasteiger partial charge in [0, 0.05) is 2.74 Å². The summed E-state index contributed by atoms with van der Waals surface area (Å²) in [7, 11) is 0. The Morgan fingerprint density at radius 2 is 2.38 bits per heavy atom. The predicted octanol–water partition coefficient (Wildman–Crippen LogP) is 3.14. The van der Waals surface area contributed by atoms with Crippen LogP contribution in [0.2, 0.25) is 0 Å². The molecule has 0 aliphatic heterocycles. The van der Waals surface area contributed by atoms with E-state index in [-0.39, 0.29) is 12.8 Å². The Labute approximate surface area is 55.4 Å². The Hall–Kier alpha value is -0.260. The van der Waals surface area contributed by atoms with Crippen LogP contribution in [0.4, 0.5) is 0 Å². The molecule has 0 radical (unpaired) electrons. The lowest BCUT2D eigenvalue weighted by atomic mass is 10.2. The van der Waals surface area contributed by atoms with Gasteiger partial charge in [-0.3, -0.25) is 0 Å². The normalized spacial score (nSPS) is 22.2. The maximum atomic E-state index is 7.40. The molecule has 0 spiro atoms. The molecule has 0 aliphatic carbocycles. The van der Waals surface area contributed by atoms with Gasteiger partial charge in [-0.15, -0.1) is 0 Å². The first-order valence-corrected chi connectivity index (χ1v) is 3.18. The first kappa shape index (κ1) is 4.60. The molecule has 0 heterocycles. The third kappa shape index (κ3) is 5.74.